The number of aliphatic hydroxyl groups is 1. The first-order valence-electron chi connectivity index (χ1n) is 6.11. The lowest BCUT2D eigenvalue weighted by Gasteiger charge is -2.15. The van der Waals surface area contributed by atoms with Gasteiger partial charge in [-0.2, -0.15) is 0 Å². The second-order valence-electron chi connectivity index (χ2n) is 4.35. The van der Waals surface area contributed by atoms with Crippen molar-refractivity contribution in [1.29, 1.82) is 0 Å². The topological polar surface area (TPSA) is 38.7 Å². The minimum Gasteiger partial charge on any atom is -0.496 e. The van der Waals surface area contributed by atoms with Crippen LogP contribution in [-0.4, -0.2) is 12.2 Å². The first kappa shape index (κ1) is 16.3. The molecule has 0 aliphatic rings. The highest BCUT2D eigenvalue weighted by Gasteiger charge is 2.17. The predicted octanol–water partition coefficient (Wildman–Crippen LogP) is 5.20. The summed E-state index contributed by atoms with van der Waals surface area (Å²) < 4.78 is 26.1. The summed E-state index contributed by atoms with van der Waals surface area (Å²) in [7, 11) is 1.55. The van der Waals surface area contributed by atoms with Gasteiger partial charge >= 0.3 is 0 Å². The van der Waals surface area contributed by atoms with Crippen LogP contribution in [0.5, 0.6) is 17.2 Å². The van der Waals surface area contributed by atoms with Crippen LogP contribution in [0.15, 0.2) is 39.3 Å². The lowest BCUT2D eigenvalue weighted by atomic mass is 10.1. The molecule has 3 nitrogen and oxygen atoms in total. The summed E-state index contributed by atoms with van der Waals surface area (Å²) in [5.74, 6) is 0.505. The molecule has 0 bridgehead atoms. The number of benzene rings is 2. The van der Waals surface area contributed by atoms with Gasteiger partial charge < -0.3 is 14.6 Å². The molecule has 0 aliphatic carbocycles. The molecule has 0 spiro atoms. The van der Waals surface area contributed by atoms with Gasteiger partial charge in [0.15, 0.2) is 11.6 Å². The first-order chi connectivity index (χ1) is 9.93. The largest absolute Gasteiger partial charge is 0.496 e. The molecule has 0 fully saturated rings. The van der Waals surface area contributed by atoms with Crippen molar-refractivity contribution in [2.45, 2.75) is 13.0 Å². The van der Waals surface area contributed by atoms with E-state index in [4.69, 9.17) is 9.47 Å². The Morgan fingerprint density at radius 3 is 2.38 bits per heavy atom. The summed E-state index contributed by atoms with van der Waals surface area (Å²) in [4.78, 5) is 0. The van der Waals surface area contributed by atoms with Crippen LogP contribution in [0.1, 0.15) is 18.6 Å². The molecule has 0 radical (unpaired) electrons. The summed E-state index contributed by atoms with van der Waals surface area (Å²) in [5.41, 5.74) is 0.383. The Kier molecular flexibility index (Phi) is 5.24. The Balaban J connectivity index is 2.46. The van der Waals surface area contributed by atoms with Crippen LogP contribution >= 0.6 is 31.9 Å². The number of para-hydroxylation sites is 1. The quantitative estimate of drug-likeness (QED) is 0.739. The minimum absolute atomic E-state index is 0.00488. The van der Waals surface area contributed by atoms with Gasteiger partial charge in [0.2, 0.25) is 0 Å². The van der Waals surface area contributed by atoms with E-state index in [1.54, 1.807) is 32.2 Å². The van der Waals surface area contributed by atoms with Gasteiger partial charge in [0.05, 0.1) is 22.2 Å². The average molecular weight is 420 g/mol. The van der Waals surface area contributed by atoms with E-state index in [9.17, 15) is 9.50 Å². The minimum atomic E-state index is -0.837. The number of hydrogen-bond donors (Lipinski definition) is 1. The van der Waals surface area contributed by atoms with Crippen LogP contribution in [0.3, 0.4) is 0 Å². The summed E-state index contributed by atoms with van der Waals surface area (Å²) in [6.45, 7) is 1.56. The van der Waals surface area contributed by atoms with E-state index in [1.165, 1.54) is 12.1 Å². The predicted molar refractivity (Wildman–Crippen MR) is 85.5 cm³/mol. The highest BCUT2D eigenvalue weighted by Crippen LogP contribution is 2.40. The molecule has 2 aromatic rings. The fourth-order valence-electron chi connectivity index (χ4n) is 1.82. The summed E-state index contributed by atoms with van der Waals surface area (Å²) in [5, 5.41) is 9.73. The lowest BCUT2D eigenvalue weighted by Crippen LogP contribution is -1.99. The Morgan fingerprint density at radius 1 is 1.14 bits per heavy atom. The third kappa shape index (κ3) is 3.56. The van der Waals surface area contributed by atoms with E-state index in [1.807, 2.05) is 0 Å². The summed E-state index contributed by atoms with van der Waals surface area (Å²) in [6, 6.07) is 7.82. The van der Waals surface area contributed by atoms with Crippen molar-refractivity contribution in [1.82, 2.24) is 0 Å². The Bertz CT molecular complexity index is 660. The molecular weight excluding hydrogens is 407 g/mol. The fourth-order valence-corrected chi connectivity index (χ4v) is 2.70. The summed E-state index contributed by atoms with van der Waals surface area (Å²) >= 11 is 6.71. The van der Waals surface area contributed by atoms with E-state index in [0.29, 0.717) is 26.0 Å². The number of ether oxygens (including phenoxy) is 2. The van der Waals surface area contributed by atoms with Gasteiger partial charge in [-0.15, -0.1) is 0 Å². The van der Waals surface area contributed by atoms with Gasteiger partial charge in [0.25, 0.3) is 0 Å². The van der Waals surface area contributed by atoms with Gasteiger partial charge in [0, 0.05) is 5.56 Å². The molecule has 1 N–H and O–H groups in total. The maximum absolute atomic E-state index is 14.0. The number of methoxy groups -OCH3 is 1. The Hall–Kier alpha value is -1.11. The second kappa shape index (κ2) is 6.77. The van der Waals surface area contributed by atoms with E-state index < -0.39 is 11.9 Å². The van der Waals surface area contributed by atoms with Gasteiger partial charge in [-0.05, 0) is 57.0 Å². The lowest BCUT2D eigenvalue weighted by molar-refractivity contribution is 0.194. The standard InChI is InChI=1S/C15H13Br2FO3/c1-8(19)9-4-3-5-12(18)15(9)21-14-7-10(16)13(20-2)6-11(14)17/h3-8,19H,1-2H3. The third-order valence-electron chi connectivity index (χ3n) is 2.87. The monoisotopic (exact) mass is 418 g/mol. The number of hydrogen-bond acceptors (Lipinski definition) is 3. The zero-order chi connectivity index (χ0) is 15.6. The Labute approximate surface area is 139 Å². The molecule has 6 heteroatoms. The zero-order valence-electron chi connectivity index (χ0n) is 11.4. The smallest absolute Gasteiger partial charge is 0.168 e. The van der Waals surface area contributed by atoms with Crippen molar-refractivity contribution in [2.24, 2.45) is 0 Å². The van der Waals surface area contributed by atoms with Crippen LogP contribution in [0.4, 0.5) is 4.39 Å². The molecular formula is C15H13Br2FO3. The molecule has 0 saturated heterocycles. The molecule has 112 valence electrons. The molecule has 0 amide bonds. The molecule has 2 rings (SSSR count). The van der Waals surface area contributed by atoms with E-state index in [-0.39, 0.29) is 5.75 Å². The fraction of sp³-hybridized carbons (Fsp3) is 0.200. The summed E-state index contributed by atoms with van der Waals surface area (Å²) in [6.07, 6.45) is -0.837. The van der Waals surface area contributed by atoms with Crippen molar-refractivity contribution in [3.63, 3.8) is 0 Å². The number of halogens is 3. The second-order valence-corrected chi connectivity index (χ2v) is 6.06. The number of aliphatic hydroxyl groups excluding tert-OH is 1. The molecule has 0 aliphatic heterocycles. The van der Waals surface area contributed by atoms with Crippen molar-refractivity contribution < 1.29 is 19.0 Å². The SMILES string of the molecule is COc1cc(Br)c(Oc2c(F)cccc2C(C)O)cc1Br. The average Bonchev–Trinajstić information content (AvgIpc) is 2.44. The van der Waals surface area contributed by atoms with Gasteiger partial charge in [-0.1, -0.05) is 12.1 Å². The highest BCUT2D eigenvalue weighted by atomic mass is 79.9. The maximum Gasteiger partial charge on any atom is 0.168 e. The molecule has 0 heterocycles. The molecule has 21 heavy (non-hydrogen) atoms. The first-order valence-corrected chi connectivity index (χ1v) is 7.70. The molecule has 0 saturated carbocycles. The van der Waals surface area contributed by atoms with E-state index in [2.05, 4.69) is 31.9 Å². The van der Waals surface area contributed by atoms with Crippen molar-refractivity contribution in [2.75, 3.05) is 7.11 Å². The van der Waals surface area contributed by atoms with Crippen LogP contribution in [0.25, 0.3) is 0 Å². The van der Waals surface area contributed by atoms with Crippen molar-refractivity contribution >= 4 is 31.9 Å². The molecule has 1 unspecified atom stereocenters. The molecule has 2 aromatic carbocycles. The van der Waals surface area contributed by atoms with Crippen LogP contribution < -0.4 is 9.47 Å². The van der Waals surface area contributed by atoms with Crippen molar-refractivity contribution in [3.8, 4) is 17.2 Å². The normalized spacial score (nSPS) is 12.1. The molecule has 1 atom stereocenters. The van der Waals surface area contributed by atoms with E-state index in [0.717, 1.165) is 0 Å². The van der Waals surface area contributed by atoms with Crippen molar-refractivity contribution in [3.05, 3.63) is 50.7 Å². The maximum atomic E-state index is 14.0. The van der Waals surface area contributed by atoms with E-state index >= 15 is 0 Å². The molecule has 0 aromatic heterocycles. The third-order valence-corrected chi connectivity index (χ3v) is 4.11. The van der Waals surface area contributed by atoms with Crippen LogP contribution in [0.2, 0.25) is 0 Å². The zero-order valence-corrected chi connectivity index (χ0v) is 14.5. The van der Waals surface area contributed by atoms with Gasteiger partial charge in [-0.25, -0.2) is 4.39 Å². The highest BCUT2D eigenvalue weighted by molar-refractivity contribution is 9.11. The van der Waals surface area contributed by atoms with Crippen LogP contribution in [0, 0.1) is 5.82 Å². The van der Waals surface area contributed by atoms with Gasteiger partial charge in [0.1, 0.15) is 11.5 Å². The Morgan fingerprint density at radius 2 is 1.76 bits per heavy atom. The number of rotatable bonds is 4. The van der Waals surface area contributed by atoms with Gasteiger partial charge in [-0.3, -0.25) is 0 Å². The van der Waals surface area contributed by atoms with Crippen LogP contribution in [-0.2, 0) is 0 Å².